The summed E-state index contributed by atoms with van der Waals surface area (Å²) in [7, 11) is -1.18. The smallest absolute Gasteiger partial charge is 0.400 e. The maximum atomic E-state index is 13.0. The average molecular weight is 428 g/mol. The zero-order valence-electron chi connectivity index (χ0n) is 15.0. The molecule has 3 rings (SSSR count). The van der Waals surface area contributed by atoms with Crippen LogP contribution in [0.1, 0.15) is 11.5 Å². The maximum absolute atomic E-state index is 13.0. The summed E-state index contributed by atoms with van der Waals surface area (Å²) in [6, 6.07) is 13.9. The molecule has 6 nitrogen and oxygen atoms in total. The fourth-order valence-electron chi connectivity index (χ4n) is 2.57. The highest BCUT2D eigenvalue weighted by atomic mass is 35.5. The van der Waals surface area contributed by atoms with Gasteiger partial charge >= 0.3 is 11.3 Å². The fraction of sp³-hybridized carbons (Fsp3) is 0.222. The number of anilines is 1. The lowest BCUT2D eigenvalue weighted by Crippen LogP contribution is -2.03. The van der Waals surface area contributed by atoms with Crippen LogP contribution in [0.5, 0.6) is 5.75 Å². The van der Waals surface area contributed by atoms with Crippen LogP contribution in [0.15, 0.2) is 53.1 Å². The normalized spacial score (nSPS) is 13.8. The topological polar surface area (TPSA) is 77.2 Å². The number of nitrogens with one attached hydrogen (secondary N) is 1. The minimum atomic E-state index is -3.72. The standard InChI is InChI=1S/C18H17ClF2N3O3P/c1-26-15-5-3-4-14(10-15)24-28(2,25)11-12-6-8-13(9-7-12)16-22-17(27-23-16)18(19,20)21/h3-10H,11H2,1-2H3,(H,24,25). The number of aromatic nitrogens is 2. The monoisotopic (exact) mass is 427 g/mol. The molecule has 0 aliphatic heterocycles. The van der Waals surface area contributed by atoms with Crippen LogP contribution in [0, 0.1) is 0 Å². The summed E-state index contributed by atoms with van der Waals surface area (Å²) in [5, 5.41) is 2.83. The molecule has 1 heterocycles. The first-order valence-corrected chi connectivity index (χ1v) is 10.9. The molecular formula is C18H17ClF2N3O3P. The second-order valence-electron chi connectivity index (χ2n) is 6.22. The molecule has 0 saturated carbocycles. The Morgan fingerprint density at radius 3 is 2.57 bits per heavy atom. The van der Waals surface area contributed by atoms with Crippen molar-refractivity contribution in [2.45, 2.75) is 11.5 Å². The first kappa shape index (κ1) is 20.3. The second-order valence-corrected chi connectivity index (χ2v) is 9.44. The molecule has 0 amide bonds. The predicted molar refractivity (Wildman–Crippen MR) is 103 cm³/mol. The van der Waals surface area contributed by atoms with E-state index in [1.807, 2.05) is 6.07 Å². The number of ether oxygens (including phenoxy) is 1. The highest BCUT2D eigenvalue weighted by Gasteiger charge is 2.35. The largest absolute Gasteiger partial charge is 0.497 e. The van der Waals surface area contributed by atoms with E-state index in [9.17, 15) is 13.3 Å². The number of methoxy groups -OCH3 is 1. The Hall–Kier alpha value is -2.44. The zero-order valence-corrected chi connectivity index (χ0v) is 16.7. The number of rotatable bonds is 7. The third kappa shape index (κ3) is 5.09. The summed E-state index contributed by atoms with van der Waals surface area (Å²) in [5.41, 5.74) is 1.98. The average Bonchev–Trinajstić information content (AvgIpc) is 3.12. The van der Waals surface area contributed by atoms with Crippen molar-refractivity contribution in [3.8, 4) is 17.1 Å². The van der Waals surface area contributed by atoms with Gasteiger partial charge in [-0.3, -0.25) is 0 Å². The van der Waals surface area contributed by atoms with Gasteiger partial charge in [0, 0.05) is 30.1 Å². The van der Waals surface area contributed by atoms with Crippen LogP contribution in [0.4, 0.5) is 14.5 Å². The van der Waals surface area contributed by atoms with E-state index in [1.165, 1.54) is 0 Å². The predicted octanol–water partition coefficient (Wildman–Crippen LogP) is 5.55. The van der Waals surface area contributed by atoms with E-state index >= 15 is 0 Å². The molecule has 0 fully saturated rings. The SMILES string of the molecule is COc1cccc(NP(C)(=O)Cc2ccc(-c3noc(C(F)(F)Cl)n3)cc2)c1. The Labute approximate surface area is 165 Å². The van der Waals surface area contributed by atoms with Gasteiger partial charge < -0.3 is 18.9 Å². The van der Waals surface area contributed by atoms with Gasteiger partial charge in [0.15, 0.2) is 7.29 Å². The lowest BCUT2D eigenvalue weighted by atomic mass is 10.1. The maximum Gasteiger partial charge on any atom is 0.400 e. The summed E-state index contributed by atoms with van der Waals surface area (Å²) >= 11 is 4.87. The summed E-state index contributed by atoms with van der Waals surface area (Å²) < 4.78 is 48.5. The molecule has 28 heavy (non-hydrogen) atoms. The summed E-state index contributed by atoms with van der Waals surface area (Å²) in [6.07, 6.45) is 0.293. The van der Waals surface area contributed by atoms with E-state index in [-0.39, 0.29) is 5.82 Å². The summed E-state index contributed by atoms with van der Waals surface area (Å²) in [5.74, 6) is -0.304. The van der Waals surface area contributed by atoms with Crippen molar-refractivity contribution in [2.24, 2.45) is 0 Å². The quantitative estimate of drug-likeness (QED) is 0.393. The Kier molecular flexibility index (Phi) is 5.72. The van der Waals surface area contributed by atoms with Crippen LogP contribution < -0.4 is 9.82 Å². The molecule has 10 heteroatoms. The van der Waals surface area contributed by atoms with Crippen molar-refractivity contribution >= 4 is 24.6 Å². The Morgan fingerprint density at radius 1 is 1.25 bits per heavy atom. The molecule has 0 radical (unpaired) electrons. The molecule has 1 atom stereocenters. The van der Waals surface area contributed by atoms with E-state index in [4.69, 9.17) is 16.3 Å². The van der Waals surface area contributed by atoms with Gasteiger partial charge in [-0.15, -0.1) is 0 Å². The van der Waals surface area contributed by atoms with Gasteiger partial charge in [-0.2, -0.15) is 13.8 Å². The molecule has 0 aliphatic rings. The van der Waals surface area contributed by atoms with Crippen LogP contribution in [0.2, 0.25) is 0 Å². The molecule has 1 aromatic heterocycles. The van der Waals surface area contributed by atoms with Gasteiger partial charge in [-0.1, -0.05) is 35.5 Å². The van der Waals surface area contributed by atoms with Gasteiger partial charge in [0.05, 0.1) is 7.11 Å². The molecule has 0 aliphatic carbocycles. The van der Waals surface area contributed by atoms with Crippen molar-refractivity contribution in [1.29, 1.82) is 0 Å². The number of halogens is 3. The zero-order chi connectivity index (χ0) is 20.4. The van der Waals surface area contributed by atoms with Crippen molar-refractivity contribution in [3.05, 3.63) is 60.0 Å². The molecule has 148 valence electrons. The molecular weight excluding hydrogens is 411 g/mol. The molecule has 3 aromatic rings. The van der Waals surface area contributed by atoms with Gasteiger partial charge in [-0.25, -0.2) is 0 Å². The van der Waals surface area contributed by atoms with Crippen LogP contribution in [0.25, 0.3) is 11.4 Å². The fourth-order valence-corrected chi connectivity index (χ4v) is 4.32. The van der Waals surface area contributed by atoms with Crippen LogP contribution in [-0.4, -0.2) is 23.9 Å². The van der Waals surface area contributed by atoms with Gasteiger partial charge in [0.25, 0.3) is 0 Å². The molecule has 0 spiro atoms. The minimum absolute atomic E-state index is 0.00365. The Bertz CT molecular complexity index is 1010. The van der Waals surface area contributed by atoms with E-state index < -0.39 is 18.6 Å². The van der Waals surface area contributed by atoms with E-state index in [0.717, 1.165) is 5.56 Å². The molecule has 1 N–H and O–H groups in total. The number of nitrogens with zero attached hydrogens (tertiary/aromatic N) is 2. The summed E-state index contributed by atoms with van der Waals surface area (Å²) in [6.45, 7) is 1.65. The molecule has 0 bridgehead atoms. The first-order valence-electron chi connectivity index (χ1n) is 8.15. The highest BCUT2D eigenvalue weighted by Crippen LogP contribution is 2.45. The van der Waals surface area contributed by atoms with Gasteiger partial charge in [0.1, 0.15) is 5.75 Å². The Morgan fingerprint density at radius 2 is 1.96 bits per heavy atom. The third-order valence-corrected chi connectivity index (χ3v) is 5.66. The van der Waals surface area contributed by atoms with Crippen molar-refractivity contribution < 1.29 is 22.6 Å². The van der Waals surface area contributed by atoms with Crippen molar-refractivity contribution in [3.63, 3.8) is 0 Å². The number of hydrogen-bond acceptors (Lipinski definition) is 5. The minimum Gasteiger partial charge on any atom is -0.497 e. The molecule has 0 saturated heterocycles. The lowest BCUT2D eigenvalue weighted by Gasteiger charge is -2.17. The number of benzene rings is 2. The highest BCUT2D eigenvalue weighted by molar-refractivity contribution is 7.63. The van der Waals surface area contributed by atoms with E-state index in [0.29, 0.717) is 23.2 Å². The van der Waals surface area contributed by atoms with E-state index in [1.54, 1.807) is 56.2 Å². The molecule has 2 aromatic carbocycles. The van der Waals surface area contributed by atoms with Crippen LogP contribution in [0.3, 0.4) is 0 Å². The van der Waals surface area contributed by atoms with Crippen LogP contribution >= 0.6 is 18.9 Å². The Balaban J connectivity index is 1.71. The number of alkyl halides is 3. The second kappa shape index (κ2) is 7.89. The molecule has 1 unspecified atom stereocenters. The van der Waals surface area contributed by atoms with Gasteiger partial charge in [-0.05, 0) is 29.3 Å². The number of hydrogen-bond donors (Lipinski definition) is 1. The first-order chi connectivity index (χ1) is 13.2. The van der Waals surface area contributed by atoms with Crippen molar-refractivity contribution in [2.75, 3.05) is 18.9 Å². The van der Waals surface area contributed by atoms with Crippen LogP contribution in [-0.2, 0) is 16.1 Å². The van der Waals surface area contributed by atoms with Crippen molar-refractivity contribution in [1.82, 2.24) is 10.1 Å². The third-order valence-electron chi connectivity index (χ3n) is 3.80. The van der Waals surface area contributed by atoms with Gasteiger partial charge in [0.2, 0.25) is 5.82 Å². The summed E-state index contributed by atoms with van der Waals surface area (Å²) in [4.78, 5) is 3.59. The lowest BCUT2D eigenvalue weighted by molar-refractivity contribution is 0.0551. The van der Waals surface area contributed by atoms with E-state index in [2.05, 4.69) is 19.8 Å².